The van der Waals surface area contributed by atoms with Gasteiger partial charge in [0, 0.05) is 25.7 Å². The van der Waals surface area contributed by atoms with Crippen LogP contribution in [0.3, 0.4) is 0 Å². The second-order valence-electron chi connectivity index (χ2n) is 6.67. The Morgan fingerprint density at radius 3 is 2.76 bits per heavy atom. The van der Waals surface area contributed by atoms with E-state index in [9.17, 15) is 0 Å². The first-order valence-corrected chi connectivity index (χ1v) is 7.10. The maximum Gasteiger partial charge on any atom is 0.0757 e. The fourth-order valence-corrected chi connectivity index (χ4v) is 3.59. The van der Waals surface area contributed by atoms with Gasteiger partial charge in [-0.05, 0) is 46.0 Å². The molecule has 0 radical (unpaired) electrons. The van der Waals surface area contributed by atoms with E-state index < -0.39 is 0 Å². The van der Waals surface area contributed by atoms with Crippen LogP contribution in [0.4, 0.5) is 0 Å². The highest BCUT2D eigenvalue weighted by molar-refractivity contribution is 4.85. The first-order chi connectivity index (χ1) is 7.94. The van der Waals surface area contributed by atoms with Crippen molar-refractivity contribution in [1.29, 1.82) is 0 Å². The Morgan fingerprint density at radius 2 is 2.12 bits per heavy atom. The molecule has 1 aliphatic heterocycles. The summed E-state index contributed by atoms with van der Waals surface area (Å²) in [4.78, 5) is 2.58. The lowest BCUT2D eigenvalue weighted by Crippen LogP contribution is -2.53. The zero-order valence-corrected chi connectivity index (χ0v) is 11.6. The Hall–Kier alpha value is -0.120. The minimum atomic E-state index is 0.00838. The van der Waals surface area contributed by atoms with Crippen molar-refractivity contribution in [3.63, 3.8) is 0 Å². The van der Waals surface area contributed by atoms with Crippen LogP contribution in [0.2, 0.25) is 0 Å². The lowest BCUT2D eigenvalue weighted by Gasteiger charge is -2.43. The molecule has 3 nitrogen and oxygen atoms in total. The van der Waals surface area contributed by atoms with Crippen LogP contribution in [0, 0.1) is 5.92 Å². The van der Waals surface area contributed by atoms with Gasteiger partial charge in [0.2, 0.25) is 0 Å². The summed E-state index contributed by atoms with van der Waals surface area (Å²) in [6.45, 7) is 9.92. The molecule has 0 aromatic heterocycles. The maximum atomic E-state index is 6.07. The minimum absolute atomic E-state index is 0.00838. The van der Waals surface area contributed by atoms with E-state index in [1.54, 1.807) is 0 Å². The molecule has 1 aliphatic carbocycles. The Labute approximate surface area is 106 Å². The molecule has 0 bridgehead atoms. The molecule has 0 aromatic rings. The normalized spacial score (nSPS) is 39.2. The predicted octanol–water partition coefficient (Wildman–Crippen LogP) is 2.00. The predicted molar refractivity (Wildman–Crippen MR) is 71.0 cm³/mol. The molecule has 3 unspecified atom stereocenters. The smallest absolute Gasteiger partial charge is 0.0757 e. The van der Waals surface area contributed by atoms with Gasteiger partial charge in [-0.2, -0.15) is 0 Å². The van der Waals surface area contributed by atoms with Crippen LogP contribution < -0.4 is 5.73 Å². The summed E-state index contributed by atoms with van der Waals surface area (Å²) >= 11 is 0. The van der Waals surface area contributed by atoms with Gasteiger partial charge in [0.25, 0.3) is 0 Å². The van der Waals surface area contributed by atoms with Gasteiger partial charge in [-0.15, -0.1) is 0 Å². The molecule has 2 N–H and O–H groups in total. The molecule has 3 atom stereocenters. The molecule has 1 heterocycles. The van der Waals surface area contributed by atoms with E-state index >= 15 is 0 Å². The van der Waals surface area contributed by atoms with Crippen molar-refractivity contribution >= 4 is 0 Å². The molecule has 17 heavy (non-hydrogen) atoms. The quantitative estimate of drug-likeness (QED) is 0.802. The van der Waals surface area contributed by atoms with Gasteiger partial charge in [-0.25, -0.2) is 0 Å². The lowest BCUT2D eigenvalue weighted by atomic mass is 9.85. The summed E-state index contributed by atoms with van der Waals surface area (Å²) in [6, 6.07) is 0.445. The summed E-state index contributed by atoms with van der Waals surface area (Å²) in [5, 5.41) is 0. The van der Waals surface area contributed by atoms with Crippen molar-refractivity contribution in [3.8, 4) is 0 Å². The largest absolute Gasteiger partial charge is 0.370 e. The fraction of sp³-hybridized carbons (Fsp3) is 1.00. The number of rotatable bonds is 2. The van der Waals surface area contributed by atoms with Crippen LogP contribution in [-0.2, 0) is 4.74 Å². The molecule has 1 saturated heterocycles. The average molecular weight is 240 g/mol. The van der Waals surface area contributed by atoms with Gasteiger partial charge in [-0.1, -0.05) is 6.42 Å². The number of nitrogens with zero attached hydrogens (tertiary/aromatic N) is 1. The van der Waals surface area contributed by atoms with Gasteiger partial charge < -0.3 is 10.5 Å². The number of morpholine rings is 1. The van der Waals surface area contributed by atoms with Crippen molar-refractivity contribution in [2.24, 2.45) is 11.7 Å². The van der Waals surface area contributed by atoms with E-state index in [1.165, 1.54) is 32.2 Å². The Kier molecular flexibility index (Phi) is 4.11. The summed E-state index contributed by atoms with van der Waals surface area (Å²) in [6.07, 6.45) is 5.47. The Morgan fingerprint density at radius 1 is 1.35 bits per heavy atom. The molecule has 1 saturated carbocycles. The summed E-state index contributed by atoms with van der Waals surface area (Å²) < 4.78 is 5.95. The third-order valence-corrected chi connectivity index (χ3v) is 3.98. The number of hydrogen-bond donors (Lipinski definition) is 1. The van der Waals surface area contributed by atoms with Gasteiger partial charge in [0.05, 0.1) is 11.7 Å². The van der Waals surface area contributed by atoms with Gasteiger partial charge in [-0.3, -0.25) is 4.90 Å². The zero-order chi connectivity index (χ0) is 12.5. The highest BCUT2D eigenvalue weighted by atomic mass is 16.5. The SMILES string of the molecule is CC1CN(CC2CCCC(N)C2)CC(C)(C)O1. The Bertz CT molecular complexity index is 255. The molecule has 2 fully saturated rings. The summed E-state index contributed by atoms with van der Waals surface area (Å²) in [5.74, 6) is 0.805. The van der Waals surface area contributed by atoms with Gasteiger partial charge in [0.15, 0.2) is 0 Å². The lowest BCUT2D eigenvalue weighted by molar-refractivity contribution is -0.131. The van der Waals surface area contributed by atoms with Crippen LogP contribution in [0.25, 0.3) is 0 Å². The van der Waals surface area contributed by atoms with Crippen LogP contribution in [-0.4, -0.2) is 42.3 Å². The van der Waals surface area contributed by atoms with Gasteiger partial charge >= 0.3 is 0 Å². The number of ether oxygens (including phenoxy) is 1. The van der Waals surface area contributed by atoms with E-state index in [0.717, 1.165) is 19.0 Å². The molecule has 2 aliphatic rings. The molecule has 0 amide bonds. The third kappa shape index (κ3) is 3.94. The van der Waals surface area contributed by atoms with E-state index in [4.69, 9.17) is 10.5 Å². The van der Waals surface area contributed by atoms with E-state index in [0.29, 0.717) is 12.1 Å². The van der Waals surface area contributed by atoms with E-state index in [2.05, 4.69) is 25.7 Å². The molecule has 3 heteroatoms. The zero-order valence-electron chi connectivity index (χ0n) is 11.6. The summed E-state index contributed by atoms with van der Waals surface area (Å²) in [7, 11) is 0. The summed E-state index contributed by atoms with van der Waals surface area (Å²) in [5.41, 5.74) is 6.08. The minimum Gasteiger partial charge on any atom is -0.370 e. The molecule has 100 valence electrons. The van der Waals surface area contributed by atoms with Crippen LogP contribution in [0.1, 0.15) is 46.5 Å². The van der Waals surface area contributed by atoms with Crippen LogP contribution in [0.15, 0.2) is 0 Å². The second-order valence-corrected chi connectivity index (χ2v) is 6.67. The van der Waals surface area contributed by atoms with Crippen molar-refractivity contribution in [2.45, 2.75) is 64.2 Å². The fourth-order valence-electron chi connectivity index (χ4n) is 3.59. The standard InChI is InChI=1S/C14H28N2O/c1-11-8-16(10-14(2,3)17-11)9-12-5-4-6-13(15)7-12/h11-13H,4-10,15H2,1-3H3. The number of hydrogen-bond acceptors (Lipinski definition) is 3. The molecule has 0 aromatic carbocycles. The highest BCUT2D eigenvalue weighted by Crippen LogP contribution is 2.27. The number of nitrogens with two attached hydrogens (primary N) is 1. The van der Waals surface area contributed by atoms with Crippen molar-refractivity contribution in [2.75, 3.05) is 19.6 Å². The van der Waals surface area contributed by atoms with Crippen molar-refractivity contribution < 1.29 is 4.74 Å². The third-order valence-electron chi connectivity index (χ3n) is 3.98. The molecule has 0 spiro atoms. The van der Waals surface area contributed by atoms with Crippen molar-refractivity contribution in [1.82, 2.24) is 4.90 Å². The maximum absolute atomic E-state index is 6.07. The molecular formula is C14H28N2O. The molecule has 2 rings (SSSR count). The van der Waals surface area contributed by atoms with Crippen molar-refractivity contribution in [3.05, 3.63) is 0 Å². The van der Waals surface area contributed by atoms with E-state index in [-0.39, 0.29) is 5.60 Å². The molecular weight excluding hydrogens is 212 g/mol. The first-order valence-electron chi connectivity index (χ1n) is 7.10. The second kappa shape index (κ2) is 5.25. The van der Waals surface area contributed by atoms with Crippen LogP contribution in [0.5, 0.6) is 0 Å². The Balaban J connectivity index is 1.85. The average Bonchev–Trinajstić information content (AvgIpc) is 2.13. The topological polar surface area (TPSA) is 38.5 Å². The van der Waals surface area contributed by atoms with E-state index in [1.807, 2.05) is 0 Å². The van der Waals surface area contributed by atoms with Crippen LogP contribution >= 0.6 is 0 Å². The van der Waals surface area contributed by atoms with Gasteiger partial charge in [0.1, 0.15) is 0 Å². The monoisotopic (exact) mass is 240 g/mol. The highest BCUT2D eigenvalue weighted by Gasteiger charge is 2.32. The first kappa shape index (κ1) is 13.3.